The molecule has 0 amide bonds. The molecule has 2 aromatic carbocycles. The van der Waals surface area contributed by atoms with Crippen LogP contribution in [-0.2, 0) is 0 Å². The fourth-order valence-corrected chi connectivity index (χ4v) is 2.42. The Morgan fingerprint density at radius 3 is 2.56 bits per heavy atom. The quantitative estimate of drug-likeness (QED) is 0.515. The lowest BCUT2D eigenvalue weighted by Gasteiger charge is -1.94. The zero-order chi connectivity index (χ0) is 12.4. The van der Waals surface area contributed by atoms with E-state index in [2.05, 4.69) is 38.9 Å². The number of hydrogen-bond donors (Lipinski definition) is 0. The molecule has 0 unspecified atom stereocenters. The summed E-state index contributed by atoms with van der Waals surface area (Å²) in [4.78, 5) is 1.67. The van der Waals surface area contributed by atoms with E-state index in [4.69, 9.17) is 0 Å². The standard InChI is InChI=1S/C14H10IN3/c15-14-12-8-4-5-9-13(12)18(17-14)16-10-11-6-2-1-3-7-11/h1-10H. The maximum absolute atomic E-state index is 4.41. The van der Waals surface area contributed by atoms with E-state index in [1.54, 1.807) is 4.79 Å². The molecular weight excluding hydrogens is 337 g/mol. The van der Waals surface area contributed by atoms with Crippen molar-refractivity contribution in [2.45, 2.75) is 0 Å². The molecule has 18 heavy (non-hydrogen) atoms. The highest BCUT2D eigenvalue weighted by molar-refractivity contribution is 14.1. The lowest BCUT2D eigenvalue weighted by molar-refractivity contribution is 0.765. The molecule has 4 heteroatoms. The molecule has 0 aliphatic heterocycles. The van der Waals surface area contributed by atoms with Crippen molar-refractivity contribution in [3.8, 4) is 0 Å². The lowest BCUT2D eigenvalue weighted by atomic mass is 10.2. The van der Waals surface area contributed by atoms with E-state index in [9.17, 15) is 0 Å². The third kappa shape index (κ3) is 2.15. The van der Waals surface area contributed by atoms with E-state index >= 15 is 0 Å². The van der Waals surface area contributed by atoms with E-state index in [1.165, 1.54) is 0 Å². The minimum atomic E-state index is 0.966. The second-order valence-corrected chi connectivity index (χ2v) is 4.87. The number of benzene rings is 2. The molecule has 0 aliphatic rings. The summed E-state index contributed by atoms with van der Waals surface area (Å²) in [5, 5.41) is 9.94. The number of para-hydroxylation sites is 1. The molecule has 0 saturated heterocycles. The van der Waals surface area contributed by atoms with Gasteiger partial charge in [0, 0.05) is 5.39 Å². The molecule has 0 atom stereocenters. The molecular formula is C14H10IN3. The Morgan fingerprint density at radius 1 is 1.00 bits per heavy atom. The molecule has 1 heterocycles. The second-order valence-electron chi connectivity index (χ2n) is 3.85. The predicted octanol–water partition coefficient (Wildman–Crippen LogP) is 3.52. The van der Waals surface area contributed by atoms with Crippen LogP contribution in [0.15, 0.2) is 59.7 Å². The Morgan fingerprint density at radius 2 is 1.72 bits per heavy atom. The molecule has 0 bridgehead atoms. The maximum Gasteiger partial charge on any atom is 0.133 e. The van der Waals surface area contributed by atoms with Crippen molar-refractivity contribution >= 4 is 39.7 Å². The molecule has 88 valence electrons. The van der Waals surface area contributed by atoms with Gasteiger partial charge in [-0.15, -0.1) is 9.89 Å². The number of hydrogen-bond acceptors (Lipinski definition) is 2. The van der Waals surface area contributed by atoms with Gasteiger partial charge in [0.25, 0.3) is 0 Å². The van der Waals surface area contributed by atoms with Crippen molar-refractivity contribution in [2.75, 3.05) is 0 Å². The maximum atomic E-state index is 4.41. The summed E-state index contributed by atoms with van der Waals surface area (Å²) in [5.74, 6) is 0. The number of nitrogens with zero attached hydrogens (tertiary/aromatic N) is 3. The number of aromatic nitrogens is 2. The Hall–Kier alpha value is -1.69. The molecule has 0 fully saturated rings. The van der Waals surface area contributed by atoms with Gasteiger partial charge in [-0.2, -0.15) is 5.10 Å². The van der Waals surface area contributed by atoms with Crippen LogP contribution in [0, 0.1) is 3.70 Å². The highest BCUT2D eigenvalue weighted by atomic mass is 127. The predicted molar refractivity (Wildman–Crippen MR) is 81.9 cm³/mol. The van der Waals surface area contributed by atoms with E-state index in [1.807, 2.05) is 54.7 Å². The minimum absolute atomic E-state index is 0.966. The van der Waals surface area contributed by atoms with E-state index in [-0.39, 0.29) is 0 Å². The van der Waals surface area contributed by atoms with Crippen LogP contribution in [-0.4, -0.2) is 16.1 Å². The molecule has 1 aromatic heterocycles. The van der Waals surface area contributed by atoms with Crippen molar-refractivity contribution in [2.24, 2.45) is 5.10 Å². The molecule has 0 radical (unpaired) electrons. The van der Waals surface area contributed by atoms with Gasteiger partial charge in [0.1, 0.15) is 3.70 Å². The van der Waals surface area contributed by atoms with Crippen LogP contribution in [0.3, 0.4) is 0 Å². The van der Waals surface area contributed by atoms with Crippen LogP contribution in [0.2, 0.25) is 0 Å². The van der Waals surface area contributed by atoms with Gasteiger partial charge in [0.05, 0.1) is 11.7 Å². The third-order valence-corrected chi connectivity index (χ3v) is 3.44. The molecule has 0 N–H and O–H groups in total. The van der Waals surface area contributed by atoms with Crippen LogP contribution in [0.1, 0.15) is 5.56 Å². The highest BCUT2D eigenvalue weighted by Gasteiger charge is 2.05. The van der Waals surface area contributed by atoms with Crippen molar-refractivity contribution < 1.29 is 0 Å². The summed E-state index contributed by atoms with van der Waals surface area (Å²) in [7, 11) is 0. The SMILES string of the molecule is Ic1nn(N=Cc2ccccc2)c2ccccc12. The first-order valence-electron chi connectivity index (χ1n) is 5.57. The van der Waals surface area contributed by atoms with Crippen LogP contribution in [0.5, 0.6) is 0 Å². The smallest absolute Gasteiger partial charge is 0.133 e. The van der Waals surface area contributed by atoms with Gasteiger partial charge in [0.2, 0.25) is 0 Å². The molecule has 0 aliphatic carbocycles. The summed E-state index contributed by atoms with van der Waals surface area (Å²) in [5.41, 5.74) is 2.08. The van der Waals surface area contributed by atoms with Crippen LogP contribution in [0.4, 0.5) is 0 Å². The molecule has 0 spiro atoms. The van der Waals surface area contributed by atoms with Gasteiger partial charge in [-0.3, -0.25) is 0 Å². The summed E-state index contributed by atoms with van der Waals surface area (Å²) < 4.78 is 0.966. The monoisotopic (exact) mass is 347 g/mol. The van der Waals surface area contributed by atoms with E-state index in [0.717, 1.165) is 20.2 Å². The largest absolute Gasteiger partial charge is 0.158 e. The van der Waals surface area contributed by atoms with Crippen molar-refractivity contribution in [1.29, 1.82) is 0 Å². The lowest BCUT2D eigenvalue weighted by Crippen LogP contribution is -1.92. The van der Waals surface area contributed by atoms with Gasteiger partial charge in [-0.1, -0.05) is 48.5 Å². The zero-order valence-corrected chi connectivity index (χ0v) is 11.7. The number of fused-ring (bicyclic) bond motifs is 1. The average Bonchev–Trinajstić information content (AvgIpc) is 2.75. The second kappa shape index (κ2) is 4.89. The normalized spacial score (nSPS) is 11.4. The summed E-state index contributed by atoms with van der Waals surface area (Å²) in [6.45, 7) is 0. The van der Waals surface area contributed by atoms with Gasteiger partial charge in [0.15, 0.2) is 0 Å². The van der Waals surface area contributed by atoms with Crippen molar-refractivity contribution in [1.82, 2.24) is 9.89 Å². The Kier molecular flexibility index (Phi) is 3.10. The molecule has 3 rings (SSSR count). The zero-order valence-electron chi connectivity index (χ0n) is 9.49. The fraction of sp³-hybridized carbons (Fsp3) is 0. The first kappa shape index (κ1) is 11.4. The van der Waals surface area contributed by atoms with Gasteiger partial charge in [-0.25, -0.2) is 0 Å². The minimum Gasteiger partial charge on any atom is -0.158 e. The first-order valence-corrected chi connectivity index (χ1v) is 6.65. The van der Waals surface area contributed by atoms with Gasteiger partial charge >= 0.3 is 0 Å². The number of rotatable bonds is 2. The van der Waals surface area contributed by atoms with Crippen molar-refractivity contribution in [3.05, 3.63) is 63.9 Å². The van der Waals surface area contributed by atoms with Crippen LogP contribution < -0.4 is 0 Å². The Bertz CT molecular complexity index is 701. The highest BCUT2D eigenvalue weighted by Crippen LogP contribution is 2.19. The molecule has 3 aromatic rings. The fourth-order valence-electron chi connectivity index (χ4n) is 1.76. The van der Waals surface area contributed by atoms with E-state index < -0.39 is 0 Å². The molecule has 3 nitrogen and oxygen atoms in total. The Labute approximate surface area is 118 Å². The van der Waals surface area contributed by atoms with Crippen molar-refractivity contribution in [3.63, 3.8) is 0 Å². The summed E-state index contributed by atoms with van der Waals surface area (Å²) in [6, 6.07) is 18.1. The van der Waals surface area contributed by atoms with Gasteiger partial charge in [-0.05, 0) is 34.2 Å². The van der Waals surface area contributed by atoms with E-state index in [0.29, 0.717) is 0 Å². The topological polar surface area (TPSA) is 30.2 Å². The third-order valence-electron chi connectivity index (χ3n) is 2.64. The number of halogens is 1. The Balaban J connectivity index is 2.03. The first-order chi connectivity index (χ1) is 8.84. The summed E-state index contributed by atoms with van der Waals surface area (Å²) >= 11 is 2.23. The van der Waals surface area contributed by atoms with Crippen LogP contribution in [0.25, 0.3) is 10.9 Å². The van der Waals surface area contributed by atoms with Gasteiger partial charge < -0.3 is 0 Å². The summed E-state index contributed by atoms with van der Waals surface area (Å²) in [6.07, 6.45) is 1.82. The molecule has 0 saturated carbocycles. The average molecular weight is 347 g/mol. The van der Waals surface area contributed by atoms with Crippen LogP contribution >= 0.6 is 22.6 Å².